The highest BCUT2D eigenvalue weighted by Gasteiger charge is 2.14. The topological polar surface area (TPSA) is 93.2 Å². The van der Waals surface area contributed by atoms with E-state index in [2.05, 4.69) is 27.8 Å². The number of ether oxygens (including phenoxy) is 1. The zero-order valence-electron chi connectivity index (χ0n) is 13.4. The second kappa shape index (κ2) is 9.24. The number of thioether (sulfide) groups is 1. The van der Waals surface area contributed by atoms with Crippen molar-refractivity contribution in [2.45, 2.75) is 17.7 Å². The van der Waals surface area contributed by atoms with Gasteiger partial charge in [-0.25, -0.2) is 4.79 Å². The number of amides is 1. The molecule has 1 aromatic heterocycles. The molecule has 2 rings (SSSR count). The molecule has 24 heavy (non-hydrogen) atoms. The largest absolute Gasteiger partial charge is 0.465 e. The Hall–Kier alpha value is -2.13. The molecule has 7 nitrogen and oxygen atoms in total. The number of aromatic nitrogens is 2. The van der Waals surface area contributed by atoms with Crippen molar-refractivity contribution in [3.63, 3.8) is 0 Å². The lowest BCUT2D eigenvalue weighted by molar-refractivity contribution is -0.113. The number of nitrogens with one attached hydrogen (secondary N) is 2. The fraction of sp³-hybridized carbons (Fsp3) is 0.333. The smallest absolute Gasteiger partial charge is 0.339 e. The van der Waals surface area contributed by atoms with E-state index in [1.54, 1.807) is 24.3 Å². The summed E-state index contributed by atoms with van der Waals surface area (Å²) >= 11 is 2.71. The van der Waals surface area contributed by atoms with Gasteiger partial charge in [0.2, 0.25) is 11.0 Å². The Morgan fingerprint density at radius 3 is 2.83 bits per heavy atom. The van der Waals surface area contributed by atoms with Crippen molar-refractivity contribution in [1.29, 1.82) is 0 Å². The molecule has 0 radical (unpaired) electrons. The summed E-state index contributed by atoms with van der Waals surface area (Å²) in [5, 5.41) is 14.6. The van der Waals surface area contributed by atoms with Gasteiger partial charge in [-0.15, -0.1) is 10.2 Å². The highest BCUT2D eigenvalue weighted by Crippen LogP contribution is 2.25. The number of benzene rings is 1. The summed E-state index contributed by atoms with van der Waals surface area (Å²) in [7, 11) is 1.30. The summed E-state index contributed by atoms with van der Waals surface area (Å²) in [6.45, 7) is 2.91. The van der Waals surface area contributed by atoms with Crippen LogP contribution < -0.4 is 10.6 Å². The Bertz CT molecular complexity index is 706. The van der Waals surface area contributed by atoms with Crippen molar-refractivity contribution in [3.8, 4) is 0 Å². The van der Waals surface area contributed by atoms with Gasteiger partial charge in [-0.2, -0.15) is 0 Å². The van der Waals surface area contributed by atoms with E-state index in [0.717, 1.165) is 18.1 Å². The average molecular weight is 366 g/mol. The minimum Gasteiger partial charge on any atom is -0.465 e. The first-order chi connectivity index (χ1) is 11.6. The molecule has 9 heteroatoms. The van der Waals surface area contributed by atoms with E-state index in [-0.39, 0.29) is 11.7 Å². The number of methoxy groups -OCH3 is 1. The molecule has 1 amide bonds. The molecule has 0 saturated heterocycles. The zero-order valence-corrected chi connectivity index (χ0v) is 15.0. The third-order valence-electron chi connectivity index (χ3n) is 2.87. The van der Waals surface area contributed by atoms with Gasteiger partial charge in [0.1, 0.15) is 0 Å². The molecular weight excluding hydrogens is 348 g/mol. The highest BCUT2D eigenvalue weighted by atomic mass is 32.2. The lowest BCUT2D eigenvalue weighted by Gasteiger charge is -2.08. The van der Waals surface area contributed by atoms with Crippen molar-refractivity contribution in [2.75, 3.05) is 30.0 Å². The lowest BCUT2D eigenvalue weighted by Crippen LogP contribution is -2.17. The molecule has 0 bridgehead atoms. The first kappa shape index (κ1) is 18.2. The van der Waals surface area contributed by atoms with E-state index in [1.807, 2.05) is 0 Å². The number of carbonyl (C=O) groups excluding carboxylic acids is 2. The van der Waals surface area contributed by atoms with Crippen LogP contribution in [0.25, 0.3) is 0 Å². The molecule has 0 saturated carbocycles. The van der Waals surface area contributed by atoms with Crippen molar-refractivity contribution in [3.05, 3.63) is 29.8 Å². The summed E-state index contributed by atoms with van der Waals surface area (Å²) in [5.41, 5.74) is 0.748. The third kappa shape index (κ3) is 5.20. The molecule has 2 N–H and O–H groups in total. The number of esters is 1. The number of carbonyl (C=O) groups is 2. The molecule has 0 fully saturated rings. The minimum atomic E-state index is -0.491. The number of hydrogen-bond donors (Lipinski definition) is 2. The van der Waals surface area contributed by atoms with Crippen molar-refractivity contribution < 1.29 is 14.3 Å². The molecule has 1 heterocycles. The maximum atomic E-state index is 12.1. The second-order valence-electron chi connectivity index (χ2n) is 4.67. The van der Waals surface area contributed by atoms with Crippen LogP contribution in [0.3, 0.4) is 0 Å². The summed E-state index contributed by atoms with van der Waals surface area (Å²) in [4.78, 5) is 23.8. The van der Waals surface area contributed by atoms with Gasteiger partial charge in [0.05, 0.1) is 24.1 Å². The van der Waals surface area contributed by atoms with E-state index in [0.29, 0.717) is 15.6 Å². The quantitative estimate of drug-likeness (QED) is 0.548. The van der Waals surface area contributed by atoms with Crippen LogP contribution in [0.15, 0.2) is 28.6 Å². The van der Waals surface area contributed by atoms with Crippen LogP contribution in [0.4, 0.5) is 10.8 Å². The first-order valence-electron chi connectivity index (χ1n) is 7.31. The number of nitrogens with zero attached hydrogens (tertiary/aromatic N) is 2. The first-order valence-corrected chi connectivity index (χ1v) is 9.11. The molecule has 128 valence electrons. The van der Waals surface area contributed by atoms with Crippen molar-refractivity contribution in [2.24, 2.45) is 0 Å². The third-order valence-corrected chi connectivity index (χ3v) is 4.88. The Morgan fingerprint density at radius 1 is 1.29 bits per heavy atom. The van der Waals surface area contributed by atoms with Gasteiger partial charge in [-0.3, -0.25) is 4.79 Å². The standard InChI is InChI=1S/C15H18N4O3S2/c1-3-8-16-14-18-19-15(24-14)23-9-12(20)17-11-7-5-4-6-10(11)13(21)22-2/h4-7H,3,8-9H2,1-2H3,(H,16,18)(H,17,20). The molecule has 0 aliphatic carbocycles. The monoisotopic (exact) mass is 366 g/mol. The van der Waals surface area contributed by atoms with Crippen LogP contribution in [0.2, 0.25) is 0 Å². The number of rotatable bonds is 8. The van der Waals surface area contributed by atoms with Gasteiger partial charge < -0.3 is 15.4 Å². The maximum absolute atomic E-state index is 12.1. The number of hydrogen-bond acceptors (Lipinski definition) is 8. The van der Waals surface area contributed by atoms with E-state index in [1.165, 1.54) is 30.2 Å². The predicted octanol–water partition coefficient (Wildman–Crippen LogP) is 2.88. The SMILES string of the molecule is CCCNc1nnc(SCC(=O)Nc2ccccc2C(=O)OC)s1. The summed E-state index contributed by atoms with van der Waals surface area (Å²) in [6, 6.07) is 6.71. The molecule has 0 unspecified atom stereocenters. The van der Waals surface area contributed by atoms with Crippen LogP contribution in [0.5, 0.6) is 0 Å². The Labute approximate surface area is 148 Å². The Balaban J connectivity index is 1.90. The van der Waals surface area contributed by atoms with Crippen molar-refractivity contribution in [1.82, 2.24) is 10.2 Å². The minimum absolute atomic E-state index is 0.178. The van der Waals surface area contributed by atoms with Gasteiger partial charge in [0.15, 0.2) is 4.34 Å². The average Bonchev–Trinajstić information content (AvgIpc) is 3.06. The van der Waals surface area contributed by atoms with Crippen LogP contribution in [0.1, 0.15) is 23.7 Å². The highest BCUT2D eigenvalue weighted by molar-refractivity contribution is 8.01. The number of para-hydroxylation sites is 1. The molecular formula is C15H18N4O3S2. The van der Waals surface area contributed by atoms with Gasteiger partial charge >= 0.3 is 5.97 Å². The Kier molecular flexibility index (Phi) is 7.01. The molecule has 0 atom stereocenters. The van der Waals surface area contributed by atoms with Crippen LogP contribution in [0, 0.1) is 0 Å². The Morgan fingerprint density at radius 2 is 2.08 bits per heavy atom. The van der Waals surface area contributed by atoms with E-state index < -0.39 is 5.97 Å². The fourth-order valence-electron chi connectivity index (χ4n) is 1.77. The second-order valence-corrected chi connectivity index (χ2v) is 6.87. The zero-order chi connectivity index (χ0) is 17.4. The molecule has 1 aromatic carbocycles. The maximum Gasteiger partial charge on any atom is 0.339 e. The van der Waals surface area contributed by atoms with Gasteiger partial charge in [0.25, 0.3) is 0 Å². The summed E-state index contributed by atoms with van der Waals surface area (Å²) in [6.07, 6.45) is 1.00. The van der Waals surface area contributed by atoms with Gasteiger partial charge in [-0.05, 0) is 18.6 Å². The summed E-state index contributed by atoms with van der Waals surface area (Å²) < 4.78 is 5.42. The summed E-state index contributed by atoms with van der Waals surface area (Å²) in [5.74, 6) is -0.540. The van der Waals surface area contributed by atoms with E-state index >= 15 is 0 Å². The predicted molar refractivity (Wildman–Crippen MR) is 95.8 cm³/mol. The van der Waals surface area contributed by atoms with E-state index in [9.17, 15) is 9.59 Å². The molecule has 0 aliphatic rings. The van der Waals surface area contributed by atoms with Crippen LogP contribution in [-0.4, -0.2) is 41.5 Å². The lowest BCUT2D eigenvalue weighted by atomic mass is 10.2. The van der Waals surface area contributed by atoms with E-state index in [4.69, 9.17) is 4.74 Å². The van der Waals surface area contributed by atoms with Crippen molar-refractivity contribution >= 4 is 45.8 Å². The molecule has 2 aromatic rings. The normalized spacial score (nSPS) is 10.2. The fourth-order valence-corrected chi connectivity index (χ4v) is 3.34. The number of anilines is 2. The van der Waals surface area contributed by atoms with Crippen LogP contribution >= 0.6 is 23.1 Å². The van der Waals surface area contributed by atoms with Crippen LogP contribution in [-0.2, 0) is 9.53 Å². The van der Waals surface area contributed by atoms with Gasteiger partial charge in [0, 0.05) is 6.54 Å². The molecule has 0 aliphatic heterocycles. The van der Waals surface area contributed by atoms with Gasteiger partial charge in [-0.1, -0.05) is 42.2 Å². The molecule has 0 spiro atoms.